The maximum atomic E-state index is 10.3. The van der Waals surface area contributed by atoms with Crippen molar-refractivity contribution in [2.75, 3.05) is 12.9 Å². The van der Waals surface area contributed by atoms with Gasteiger partial charge in [0.15, 0.2) is 0 Å². The summed E-state index contributed by atoms with van der Waals surface area (Å²) in [6.07, 6.45) is -0.185. The van der Waals surface area contributed by atoms with Crippen LogP contribution in [0.1, 0.15) is 6.42 Å². The summed E-state index contributed by atoms with van der Waals surface area (Å²) in [6, 6.07) is 0. The van der Waals surface area contributed by atoms with Crippen LogP contribution in [0.2, 0.25) is 0 Å². The molecule has 0 aromatic rings. The third-order valence-corrected chi connectivity index (χ3v) is 1.59. The highest BCUT2D eigenvalue weighted by Crippen LogP contribution is 1.87. The fraction of sp³-hybridized carbons (Fsp3) is 0.750. The molecule has 0 aromatic heterocycles. The summed E-state index contributed by atoms with van der Waals surface area (Å²) in [6.45, 7) is 0. The van der Waals surface area contributed by atoms with E-state index in [-0.39, 0.29) is 12.2 Å². The van der Waals surface area contributed by atoms with Crippen LogP contribution >= 0.6 is 0 Å². The number of primary sulfonamides is 1. The minimum absolute atomic E-state index is 0.185. The number of sulfonamides is 1. The largest absolute Gasteiger partial charge is 0.469 e. The third-order valence-electron chi connectivity index (χ3n) is 0.818. The highest BCUT2D eigenvalue weighted by Gasteiger charge is 2.07. The summed E-state index contributed by atoms with van der Waals surface area (Å²) in [5.41, 5.74) is 0. The number of hydrogen-bond acceptors (Lipinski definition) is 4. The van der Waals surface area contributed by atoms with Gasteiger partial charge < -0.3 is 4.74 Å². The van der Waals surface area contributed by atoms with Crippen molar-refractivity contribution in [1.82, 2.24) is 0 Å². The van der Waals surface area contributed by atoms with E-state index in [0.717, 1.165) is 0 Å². The molecule has 0 aliphatic heterocycles. The summed E-state index contributed by atoms with van der Waals surface area (Å²) in [5, 5.41) is 4.60. The second kappa shape index (κ2) is 3.52. The van der Waals surface area contributed by atoms with Crippen LogP contribution in [0.5, 0.6) is 0 Å². The van der Waals surface area contributed by atoms with Crippen LogP contribution in [0.3, 0.4) is 0 Å². The smallest absolute Gasteiger partial charge is 0.306 e. The molecule has 0 heterocycles. The Labute approximate surface area is 59.2 Å². The molecule has 10 heavy (non-hydrogen) atoms. The van der Waals surface area contributed by atoms with Crippen molar-refractivity contribution in [3.63, 3.8) is 0 Å². The lowest BCUT2D eigenvalue weighted by Gasteiger charge is -1.95. The summed E-state index contributed by atoms with van der Waals surface area (Å²) in [7, 11) is -2.34. The molecule has 2 N–H and O–H groups in total. The van der Waals surface area contributed by atoms with Crippen molar-refractivity contribution in [3.8, 4) is 0 Å². The number of carbonyl (C=O) groups excluding carboxylic acids is 1. The van der Waals surface area contributed by atoms with E-state index < -0.39 is 16.0 Å². The van der Waals surface area contributed by atoms with Gasteiger partial charge in [-0.3, -0.25) is 4.79 Å². The Bertz CT molecular complexity index is 207. The molecule has 0 saturated carbocycles. The van der Waals surface area contributed by atoms with Gasteiger partial charge in [-0.1, -0.05) is 0 Å². The molecule has 0 fully saturated rings. The van der Waals surface area contributed by atoms with Crippen LogP contribution in [0, 0.1) is 0 Å². The Morgan fingerprint density at radius 3 is 2.40 bits per heavy atom. The Kier molecular flexibility index (Phi) is 3.31. The normalized spacial score (nSPS) is 11.0. The van der Waals surface area contributed by atoms with Gasteiger partial charge in [-0.25, -0.2) is 13.6 Å². The van der Waals surface area contributed by atoms with Crippen LogP contribution in [-0.4, -0.2) is 27.2 Å². The number of ether oxygens (including phenoxy) is 1. The summed E-state index contributed by atoms with van der Waals surface area (Å²) in [4.78, 5) is 10.3. The van der Waals surface area contributed by atoms with E-state index in [1.165, 1.54) is 7.11 Å². The number of rotatable bonds is 3. The molecule has 0 aromatic carbocycles. The standard InChI is InChI=1S/C4H9NO4S/c1-9-4(6)2-3-10(5,7)8/h2-3H2,1H3,(H2,5,7,8). The van der Waals surface area contributed by atoms with Gasteiger partial charge in [0.25, 0.3) is 0 Å². The van der Waals surface area contributed by atoms with Gasteiger partial charge in [-0.15, -0.1) is 0 Å². The summed E-state index contributed by atoms with van der Waals surface area (Å²) in [5.74, 6) is -0.936. The molecule has 5 nitrogen and oxygen atoms in total. The van der Waals surface area contributed by atoms with E-state index in [9.17, 15) is 13.2 Å². The predicted molar refractivity (Wildman–Crippen MR) is 34.6 cm³/mol. The van der Waals surface area contributed by atoms with E-state index in [1.807, 2.05) is 0 Å². The lowest BCUT2D eigenvalue weighted by molar-refractivity contribution is -0.140. The third kappa shape index (κ3) is 5.52. The number of nitrogens with two attached hydrogens (primary N) is 1. The highest BCUT2D eigenvalue weighted by molar-refractivity contribution is 7.89. The van der Waals surface area contributed by atoms with Crippen molar-refractivity contribution in [2.24, 2.45) is 5.14 Å². The van der Waals surface area contributed by atoms with Crippen molar-refractivity contribution in [1.29, 1.82) is 0 Å². The van der Waals surface area contributed by atoms with Gasteiger partial charge in [0.05, 0.1) is 19.3 Å². The van der Waals surface area contributed by atoms with Crippen LogP contribution < -0.4 is 5.14 Å². The Balaban J connectivity index is 3.67. The average Bonchev–Trinajstić information content (AvgIpc) is 1.81. The maximum absolute atomic E-state index is 10.3. The molecule has 60 valence electrons. The molecule has 6 heteroatoms. The highest BCUT2D eigenvalue weighted by atomic mass is 32.2. The Hall–Kier alpha value is -0.620. The minimum Gasteiger partial charge on any atom is -0.469 e. The van der Waals surface area contributed by atoms with Crippen LogP contribution in [0.4, 0.5) is 0 Å². The minimum atomic E-state index is -3.53. The molecular weight excluding hydrogens is 158 g/mol. The fourth-order valence-corrected chi connectivity index (χ4v) is 0.779. The molecule has 0 atom stereocenters. The molecule has 0 amide bonds. The molecule has 0 unspecified atom stereocenters. The molecule has 0 aliphatic carbocycles. The molecule has 0 saturated heterocycles. The van der Waals surface area contributed by atoms with E-state index in [4.69, 9.17) is 0 Å². The van der Waals surface area contributed by atoms with Gasteiger partial charge >= 0.3 is 5.97 Å². The average molecular weight is 167 g/mol. The SMILES string of the molecule is COC(=O)CCS(N)(=O)=O. The molecule has 0 rings (SSSR count). The monoisotopic (exact) mass is 167 g/mol. The second-order valence-electron chi connectivity index (χ2n) is 1.69. The van der Waals surface area contributed by atoms with E-state index in [0.29, 0.717) is 0 Å². The Morgan fingerprint density at radius 1 is 1.60 bits per heavy atom. The zero-order valence-corrected chi connectivity index (χ0v) is 6.35. The Morgan fingerprint density at radius 2 is 2.10 bits per heavy atom. The lowest BCUT2D eigenvalue weighted by Crippen LogP contribution is -2.19. The van der Waals surface area contributed by atoms with Crippen LogP contribution in [-0.2, 0) is 19.6 Å². The molecule has 0 aliphatic rings. The maximum Gasteiger partial charge on any atom is 0.306 e. The molecule has 0 radical (unpaired) electrons. The quantitative estimate of drug-likeness (QED) is 0.537. The van der Waals surface area contributed by atoms with Crippen molar-refractivity contribution >= 4 is 16.0 Å². The summed E-state index contributed by atoms with van der Waals surface area (Å²) < 4.78 is 24.6. The van der Waals surface area contributed by atoms with Crippen LogP contribution in [0.15, 0.2) is 0 Å². The lowest BCUT2D eigenvalue weighted by atomic mass is 10.5. The van der Waals surface area contributed by atoms with Gasteiger partial charge in [-0.05, 0) is 0 Å². The fourth-order valence-electron chi connectivity index (χ4n) is 0.328. The topological polar surface area (TPSA) is 86.5 Å². The number of hydrogen-bond donors (Lipinski definition) is 1. The molecular formula is C4H9NO4S. The van der Waals surface area contributed by atoms with Crippen molar-refractivity contribution in [2.45, 2.75) is 6.42 Å². The predicted octanol–water partition coefficient (Wildman–Crippen LogP) is -1.16. The zero-order chi connectivity index (χ0) is 8.20. The van der Waals surface area contributed by atoms with Gasteiger partial charge in [0.2, 0.25) is 10.0 Å². The summed E-state index contributed by atoms with van der Waals surface area (Å²) >= 11 is 0. The van der Waals surface area contributed by atoms with E-state index in [2.05, 4.69) is 9.88 Å². The van der Waals surface area contributed by atoms with Gasteiger partial charge in [-0.2, -0.15) is 0 Å². The first-order chi connectivity index (χ1) is 4.45. The first-order valence-electron chi connectivity index (χ1n) is 2.53. The van der Waals surface area contributed by atoms with E-state index >= 15 is 0 Å². The zero-order valence-electron chi connectivity index (χ0n) is 5.53. The number of carbonyl (C=O) groups is 1. The van der Waals surface area contributed by atoms with Crippen LogP contribution in [0.25, 0.3) is 0 Å². The first kappa shape index (κ1) is 9.38. The first-order valence-corrected chi connectivity index (χ1v) is 4.24. The number of esters is 1. The number of methoxy groups -OCH3 is 1. The van der Waals surface area contributed by atoms with Crippen molar-refractivity contribution < 1.29 is 17.9 Å². The van der Waals surface area contributed by atoms with Gasteiger partial charge in [0.1, 0.15) is 0 Å². The molecule has 0 bridgehead atoms. The van der Waals surface area contributed by atoms with Gasteiger partial charge in [0, 0.05) is 0 Å². The van der Waals surface area contributed by atoms with Crippen molar-refractivity contribution in [3.05, 3.63) is 0 Å². The second-order valence-corrected chi connectivity index (χ2v) is 3.43. The van der Waals surface area contributed by atoms with E-state index in [1.54, 1.807) is 0 Å². The molecule has 0 spiro atoms.